The van der Waals surface area contributed by atoms with E-state index in [1.165, 1.54) is 4.90 Å². The maximum absolute atomic E-state index is 15.1. The largest absolute Gasteiger partial charge is 0.366 e. The number of sulfonamides is 1. The van der Waals surface area contributed by atoms with Gasteiger partial charge in [0.05, 0.1) is 18.6 Å². The quantitative estimate of drug-likeness (QED) is 0.651. The van der Waals surface area contributed by atoms with Gasteiger partial charge in [0.25, 0.3) is 11.8 Å². The van der Waals surface area contributed by atoms with Gasteiger partial charge in [-0.1, -0.05) is 54.6 Å². The molecule has 2 aromatic rings. The first kappa shape index (κ1) is 24.3. The van der Waals surface area contributed by atoms with Gasteiger partial charge in [-0.15, -0.1) is 0 Å². The van der Waals surface area contributed by atoms with E-state index in [1.807, 2.05) is 68.4 Å². The Hall–Kier alpha value is -2.78. The van der Waals surface area contributed by atoms with E-state index in [1.54, 1.807) is 0 Å². The molecule has 0 saturated carbocycles. The van der Waals surface area contributed by atoms with E-state index in [-0.39, 0.29) is 30.4 Å². The highest BCUT2D eigenvalue weighted by Gasteiger charge is 2.52. The summed E-state index contributed by atoms with van der Waals surface area (Å²) in [6, 6.07) is 16.1. The summed E-state index contributed by atoms with van der Waals surface area (Å²) in [6.45, 7) is 3.62. The number of halogens is 2. The number of benzene rings is 2. The van der Waals surface area contributed by atoms with Gasteiger partial charge in [-0.25, -0.2) is 13.1 Å². The monoisotopic (exact) mass is 489 g/mol. The lowest BCUT2D eigenvalue weighted by molar-refractivity contribution is -0.133. The summed E-state index contributed by atoms with van der Waals surface area (Å²) in [4.78, 5) is 14.9. The van der Waals surface area contributed by atoms with Crippen molar-refractivity contribution in [2.45, 2.75) is 44.7 Å². The fourth-order valence-electron chi connectivity index (χ4n) is 4.81. The lowest BCUT2D eigenvalue weighted by Crippen LogP contribution is -2.59. The lowest BCUT2D eigenvalue weighted by atomic mass is 9.75. The minimum absolute atomic E-state index is 0.00862. The Labute approximate surface area is 199 Å². The van der Waals surface area contributed by atoms with Crippen molar-refractivity contribution < 1.29 is 22.0 Å². The van der Waals surface area contributed by atoms with Gasteiger partial charge in [0.2, 0.25) is 10.0 Å². The van der Waals surface area contributed by atoms with Gasteiger partial charge in [-0.3, -0.25) is 4.79 Å². The molecule has 182 valence electrons. The van der Waals surface area contributed by atoms with Crippen LogP contribution in [0.15, 0.2) is 65.9 Å². The fourth-order valence-corrected chi connectivity index (χ4v) is 5.61. The van der Waals surface area contributed by atoms with Crippen LogP contribution in [0.25, 0.3) is 11.1 Å². The minimum Gasteiger partial charge on any atom is -0.366 e. The Morgan fingerprint density at radius 3 is 2.44 bits per heavy atom. The number of rotatable bonds is 6. The Kier molecular flexibility index (Phi) is 6.52. The standard InChI is InChI=1S/C25H29F2N3O3S/c1-16(2)30-15-28-23-22(24(30)31)20(21(14-25(23,26)27)29-34(3,32)33)13-17-8-7-11-19(12-17)18-9-5-4-6-10-18/h4-12,16,20-21,28-29H,13-15H2,1-3H3/t20-,21-/m0/s1. The molecule has 1 heterocycles. The average molecular weight is 490 g/mol. The number of alkyl halides is 2. The van der Waals surface area contributed by atoms with Crippen molar-refractivity contribution in [3.63, 3.8) is 0 Å². The van der Waals surface area contributed by atoms with E-state index < -0.39 is 40.2 Å². The first-order valence-electron chi connectivity index (χ1n) is 11.3. The molecule has 0 spiro atoms. The molecule has 2 N–H and O–H groups in total. The van der Waals surface area contributed by atoms with Gasteiger partial charge in [0.1, 0.15) is 0 Å². The highest BCUT2D eigenvalue weighted by Crippen LogP contribution is 2.43. The molecule has 0 unspecified atom stereocenters. The molecular formula is C25H29F2N3O3S. The van der Waals surface area contributed by atoms with Gasteiger partial charge in [-0.05, 0) is 37.0 Å². The Balaban J connectivity index is 1.78. The molecular weight excluding hydrogens is 460 g/mol. The second-order valence-electron chi connectivity index (χ2n) is 9.27. The number of carbonyl (C=O) groups is 1. The first-order chi connectivity index (χ1) is 16.0. The molecule has 9 heteroatoms. The minimum atomic E-state index is -3.79. The van der Waals surface area contributed by atoms with Crippen molar-refractivity contribution >= 4 is 15.9 Å². The molecule has 0 radical (unpaired) electrons. The maximum Gasteiger partial charge on any atom is 0.289 e. The van der Waals surface area contributed by atoms with E-state index in [0.717, 1.165) is 22.9 Å². The summed E-state index contributed by atoms with van der Waals surface area (Å²) >= 11 is 0. The zero-order valence-corrected chi connectivity index (χ0v) is 20.2. The Bertz CT molecular complexity index is 1210. The van der Waals surface area contributed by atoms with Crippen LogP contribution in [0.2, 0.25) is 0 Å². The highest BCUT2D eigenvalue weighted by molar-refractivity contribution is 7.88. The van der Waals surface area contributed by atoms with Gasteiger partial charge in [0.15, 0.2) is 0 Å². The van der Waals surface area contributed by atoms with Crippen molar-refractivity contribution in [1.82, 2.24) is 14.9 Å². The molecule has 0 fully saturated rings. The van der Waals surface area contributed by atoms with Crippen LogP contribution in [0.4, 0.5) is 8.78 Å². The summed E-state index contributed by atoms with van der Waals surface area (Å²) < 4.78 is 56.8. The molecule has 2 aromatic carbocycles. The number of hydrogen-bond donors (Lipinski definition) is 2. The van der Waals surface area contributed by atoms with Crippen molar-refractivity contribution in [3.8, 4) is 11.1 Å². The number of nitrogens with zero attached hydrogens (tertiary/aromatic N) is 1. The Morgan fingerprint density at radius 2 is 1.79 bits per heavy atom. The smallest absolute Gasteiger partial charge is 0.289 e. The summed E-state index contributed by atoms with van der Waals surface area (Å²) in [5.74, 6) is -4.58. The molecule has 4 rings (SSSR count). The zero-order valence-electron chi connectivity index (χ0n) is 19.4. The van der Waals surface area contributed by atoms with Gasteiger partial charge in [-0.2, -0.15) is 8.78 Å². The normalized spacial score (nSPS) is 22.5. The van der Waals surface area contributed by atoms with Crippen molar-refractivity contribution in [2.75, 3.05) is 12.9 Å². The molecule has 2 atom stereocenters. The second-order valence-corrected chi connectivity index (χ2v) is 11.1. The van der Waals surface area contributed by atoms with Crippen LogP contribution in [0.1, 0.15) is 25.8 Å². The average Bonchev–Trinajstić information content (AvgIpc) is 2.76. The molecule has 0 saturated heterocycles. The van der Waals surface area contributed by atoms with Crippen LogP contribution in [0.3, 0.4) is 0 Å². The molecule has 2 aliphatic rings. The molecule has 0 aromatic heterocycles. The topological polar surface area (TPSA) is 78.5 Å². The molecule has 0 bridgehead atoms. The number of carbonyl (C=O) groups excluding carboxylic acids is 1. The van der Waals surface area contributed by atoms with Crippen molar-refractivity contribution in [2.24, 2.45) is 5.92 Å². The molecule has 34 heavy (non-hydrogen) atoms. The van der Waals surface area contributed by atoms with Gasteiger partial charge >= 0.3 is 0 Å². The zero-order chi connectivity index (χ0) is 24.7. The van der Waals surface area contributed by atoms with E-state index in [2.05, 4.69) is 10.0 Å². The third-order valence-electron chi connectivity index (χ3n) is 6.36. The van der Waals surface area contributed by atoms with Crippen LogP contribution < -0.4 is 10.0 Å². The van der Waals surface area contributed by atoms with E-state index >= 15 is 8.78 Å². The third-order valence-corrected chi connectivity index (χ3v) is 7.09. The van der Waals surface area contributed by atoms with Crippen molar-refractivity contribution in [3.05, 3.63) is 71.4 Å². The molecule has 1 amide bonds. The van der Waals surface area contributed by atoms with Crippen LogP contribution in [-0.2, 0) is 21.2 Å². The van der Waals surface area contributed by atoms with Gasteiger partial charge < -0.3 is 10.2 Å². The number of allylic oxidation sites excluding steroid dienone is 1. The Morgan fingerprint density at radius 1 is 1.12 bits per heavy atom. The van der Waals surface area contributed by atoms with Crippen LogP contribution in [0.5, 0.6) is 0 Å². The number of amides is 1. The summed E-state index contributed by atoms with van der Waals surface area (Å²) in [6.07, 6.45) is 0.468. The second kappa shape index (κ2) is 9.11. The summed E-state index contributed by atoms with van der Waals surface area (Å²) in [7, 11) is -3.79. The van der Waals surface area contributed by atoms with Crippen molar-refractivity contribution in [1.29, 1.82) is 0 Å². The number of hydrogen-bond acceptors (Lipinski definition) is 4. The predicted octanol–water partition coefficient (Wildman–Crippen LogP) is 3.52. The first-order valence-corrected chi connectivity index (χ1v) is 13.1. The molecule has 1 aliphatic heterocycles. The third kappa shape index (κ3) is 5.00. The van der Waals surface area contributed by atoms with Gasteiger partial charge in [0, 0.05) is 30.0 Å². The fraction of sp³-hybridized carbons (Fsp3) is 0.400. The van der Waals surface area contributed by atoms with Crippen LogP contribution in [0, 0.1) is 5.92 Å². The number of nitrogens with one attached hydrogen (secondary N) is 2. The van der Waals surface area contributed by atoms with E-state index in [9.17, 15) is 13.2 Å². The summed E-state index contributed by atoms with van der Waals surface area (Å²) in [5.41, 5.74) is 2.37. The predicted molar refractivity (Wildman–Crippen MR) is 127 cm³/mol. The highest BCUT2D eigenvalue weighted by atomic mass is 32.2. The lowest BCUT2D eigenvalue weighted by Gasteiger charge is -2.45. The summed E-state index contributed by atoms with van der Waals surface area (Å²) in [5, 5.41) is 2.77. The van der Waals surface area contributed by atoms with E-state index in [0.29, 0.717) is 0 Å². The maximum atomic E-state index is 15.1. The molecule has 6 nitrogen and oxygen atoms in total. The van der Waals surface area contributed by atoms with Crippen LogP contribution >= 0.6 is 0 Å². The molecule has 1 aliphatic carbocycles. The van der Waals surface area contributed by atoms with Crippen LogP contribution in [-0.4, -0.2) is 50.2 Å². The SMILES string of the molecule is CC(C)N1CNC2=C(C1=O)[C@@H](Cc1cccc(-c3ccccc3)c1)[C@@H](NS(C)(=O)=O)CC2(F)F. The van der Waals surface area contributed by atoms with E-state index in [4.69, 9.17) is 0 Å².